The van der Waals surface area contributed by atoms with Gasteiger partial charge in [-0.25, -0.2) is 0 Å². The van der Waals surface area contributed by atoms with Crippen LogP contribution < -0.4 is 21.5 Å². The van der Waals surface area contributed by atoms with Gasteiger partial charge in [-0.3, -0.25) is 0 Å². The van der Waals surface area contributed by atoms with E-state index in [4.69, 9.17) is 20.9 Å². The van der Waals surface area contributed by atoms with E-state index in [-0.39, 0.29) is 6.10 Å². The SMILES string of the molecule is Nc1ccc(Sc2ccc(OCCC3CNCCO3)cc2)cc1N. The molecule has 1 aliphatic heterocycles. The van der Waals surface area contributed by atoms with Crippen LogP contribution in [0.3, 0.4) is 0 Å². The smallest absolute Gasteiger partial charge is 0.119 e. The van der Waals surface area contributed by atoms with Crippen molar-refractivity contribution in [2.45, 2.75) is 22.3 Å². The lowest BCUT2D eigenvalue weighted by Crippen LogP contribution is -2.39. The molecule has 5 nitrogen and oxygen atoms in total. The van der Waals surface area contributed by atoms with E-state index in [0.29, 0.717) is 18.0 Å². The van der Waals surface area contributed by atoms with Gasteiger partial charge >= 0.3 is 0 Å². The maximum atomic E-state index is 5.84. The van der Waals surface area contributed by atoms with E-state index >= 15 is 0 Å². The third-order valence-corrected chi connectivity index (χ3v) is 4.83. The summed E-state index contributed by atoms with van der Waals surface area (Å²) in [6.07, 6.45) is 1.15. The lowest BCUT2D eigenvalue weighted by molar-refractivity contribution is 0.0159. The van der Waals surface area contributed by atoms with Gasteiger partial charge in [0, 0.05) is 29.3 Å². The molecule has 1 unspecified atom stereocenters. The fraction of sp³-hybridized carbons (Fsp3) is 0.333. The molecule has 0 aromatic heterocycles. The Morgan fingerprint density at radius 3 is 2.58 bits per heavy atom. The number of hydrogen-bond donors (Lipinski definition) is 3. The molecule has 1 heterocycles. The van der Waals surface area contributed by atoms with E-state index in [1.165, 1.54) is 0 Å². The fourth-order valence-electron chi connectivity index (χ4n) is 2.47. The lowest BCUT2D eigenvalue weighted by atomic mass is 10.2. The Balaban J connectivity index is 1.48. The molecule has 5 N–H and O–H groups in total. The molecule has 0 spiro atoms. The normalized spacial score (nSPS) is 17.6. The van der Waals surface area contributed by atoms with Crippen LogP contribution in [-0.2, 0) is 4.74 Å². The monoisotopic (exact) mass is 345 g/mol. The number of rotatable bonds is 6. The van der Waals surface area contributed by atoms with Crippen LogP contribution in [0.15, 0.2) is 52.3 Å². The van der Waals surface area contributed by atoms with Crippen molar-refractivity contribution >= 4 is 23.1 Å². The van der Waals surface area contributed by atoms with Crippen LogP contribution in [0.1, 0.15) is 6.42 Å². The number of hydrogen-bond acceptors (Lipinski definition) is 6. The molecule has 0 aliphatic carbocycles. The van der Waals surface area contributed by atoms with Crippen LogP contribution in [0.2, 0.25) is 0 Å². The Morgan fingerprint density at radius 1 is 1.08 bits per heavy atom. The average Bonchev–Trinajstić information content (AvgIpc) is 2.61. The summed E-state index contributed by atoms with van der Waals surface area (Å²) in [7, 11) is 0. The molecular formula is C18H23N3O2S. The molecule has 6 heteroatoms. The van der Waals surface area contributed by atoms with Crippen molar-refractivity contribution in [1.29, 1.82) is 0 Å². The van der Waals surface area contributed by atoms with Crippen molar-refractivity contribution in [3.05, 3.63) is 42.5 Å². The summed E-state index contributed by atoms with van der Waals surface area (Å²) in [6, 6.07) is 13.8. The Morgan fingerprint density at radius 2 is 1.88 bits per heavy atom. The third-order valence-electron chi connectivity index (χ3n) is 3.83. The van der Waals surface area contributed by atoms with Crippen LogP contribution in [-0.4, -0.2) is 32.4 Å². The first-order chi connectivity index (χ1) is 11.7. The zero-order chi connectivity index (χ0) is 16.8. The summed E-state index contributed by atoms with van der Waals surface area (Å²) >= 11 is 1.65. The molecule has 1 fully saturated rings. The molecule has 1 atom stereocenters. The summed E-state index contributed by atoms with van der Waals surface area (Å²) in [6.45, 7) is 3.29. The van der Waals surface area contributed by atoms with Gasteiger partial charge < -0.3 is 26.3 Å². The molecule has 24 heavy (non-hydrogen) atoms. The number of nitrogens with one attached hydrogen (secondary N) is 1. The predicted molar refractivity (Wildman–Crippen MR) is 98.6 cm³/mol. The molecule has 2 aromatic carbocycles. The van der Waals surface area contributed by atoms with Gasteiger partial charge in [0.25, 0.3) is 0 Å². The zero-order valence-corrected chi connectivity index (χ0v) is 14.4. The Labute approximate surface area is 146 Å². The zero-order valence-electron chi connectivity index (χ0n) is 13.5. The van der Waals surface area contributed by atoms with E-state index < -0.39 is 0 Å². The molecule has 0 radical (unpaired) electrons. The van der Waals surface area contributed by atoms with Crippen LogP contribution in [0.5, 0.6) is 5.75 Å². The first-order valence-corrected chi connectivity index (χ1v) is 8.90. The predicted octanol–water partition coefficient (Wildman–Crippen LogP) is 2.76. The molecule has 2 aromatic rings. The largest absolute Gasteiger partial charge is 0.493 e. The minimum Gasteiger partial charge on any atom is -0.493 e. The van der Waals surface area contributed by atoms with Gasteiger partial charge in [-0.05, 0) is 42.5 Å². The van der Waals surface area contributed by atoms with Crippen molar-refractivity contribution in [2.24, 2.45) is 0 Å². The Kier molecular flexibility index (Phi) is 5.85. The van der Waals surface area contributed by atoms with Crippen molar-refractivity contribution in [3.63, 3.8) is 0 Å². The lowest BCUT2D eigenvalue weighted by Gasteiger charge is -2.23. The van der Waals surface area contributed by atoms with E-state index in [1.807, 2.05) is 42.5 Å². The minimum absolute atomic E-state index is 0.254. The minimum atomic E-state index is 0.254. The van der Waals surface area contributed by atoms with Crippen LogP contribution in [0, 0.1) is 0 Å². The first-order valence-electron chi connectivity index (χ1n) is 8.09. The van der Waals surface area contributed by atoms with Crippen molar-refractivity contribution in [1.82, 2.24) is 5.32 Å². The first kappa shape index (κ1) is 17.0. The van der Waals surface area contributed by atoms with E-state index in [1.54, 1.807) is 11.8 Å². The highest BCUT2D eigenvalue weighted by atomic mass is 32.2. The van der Waals surface area contributed by atoms with Crippen molar-refractivity contribution in [2.75, 3.05) is 37.8 Å². The van der Waals surface area contributed by atoms with E-state index in [0.717, 1.165) is 41.7 Å². The molecule has 0 amide bonds. The Hall–Kier alpha value is -1.89. The van der Waals surface area contributed by atoms with Crippen LogP contribution >= 0.6 is 11.8 Å². The average molecular weight is 345 g/mol. The van der Waals surface area contributed by atoms with Gasteiger partial charge in [0.05, 0.1) is 30.7 Å². The van der Waals surface area contributed by atoms with Crippen molar-refractivity contribution in [3.8, 4) is 5.75 Å². The number of nitrogen functional groups attached to an aromatic ring is 2. The highest BCUT2D eigenvalue weighted by Crippen LogP contribution is 2.31. The van der Waals surface area contributed by atoms with Gasteiger partial charge in [-0.2, -0.15) is 0 Å². The van der Waals surface area contributed by atoms with E-state index in [9.17, 15) is 0 Å². The second-order valence-corrected chi connectivity index (χ2v) is 6.85. The highest BCUT2D eigenvalue weighted by Gasteiger charge is 2.12. The third kappa shape index (κ3) is 4.80. The Bertz CT molecular complexity index is 658. The topological polar surface area (TPSA) is 82.5 Å². The van der Waals surface area contributed by atoms with Crippen LogP contribution in [0.4, 0.5) is 11.4 Å². The summed E-state index contributed by atoms with van der Waals surface area (Å²) < 4.78 is 11.4. The number of benzene rings is 2. The summed E-state index contributed by atoms with van der Waals surface area (Å²) in [5.74, 6) is 0.875. The second kappa shape index (κ2) is 8.28. The molecule has 0 saturated carbocycles. The maximum absolute atomic E-state index is 5.84. The van der Waals surface area contributed by atoms with Gasteiger partial charge in [0.15, 0.2) is 0 Å². The van der Waals surface area contributed by atoms with Gasteiger partial charge in [0.1, 0.15) is 5.75 Å². The van der Waals surface area contributed by atoms with Crippen LogP contribution in [0.25, 0.3) is 0 Å². The number of ether oxygens (including phenoxy) is 2. The molecule has 1 saturated heterocycles. The maximum Gasteiger partial charge on any atom is 0.119 e. The number of nitrogens with two attached hydrogens (primary N) is 2. The summed E-state index contributed by atoms with van der Waals surface area (Å²) in [5.41, 5.74) is 12.8. The quantitative estimate of drug-likeness (QED) is 0.698. The van der Waals surface area contributed by atoms with Gasteiger partial charge in [-0.1, -0.05) is 11.8 Å². The summed E-state index contributed by atoms with van der Waals surface area (Å²) in [4.78, 5) is 2.20. The van der Waals surface area contributed by atoms with Gasteiger partial charge in [-0.15, -0.1) is 0 Å². The molecule has 3 rings (SSSR count). The summed E-state index contributed by atoms with van der Waals surface area (Å²) in [5, 5.41) is 3.32. The fourth-order valence-corrected chi connectivity index (χ4v) is 3.34. The van der Waals surface area contributed by atoms with E-state index in [2.05, 4.69) is 5.32 Å². The van der Waals surface area contributed by atoms with Crippen molar-refractivity contribution < 1.29 is 9.47 Å². The number of morpholine rings is 1. The molecular weight excluding hydrogens is 322 g/mol. The molecule has 0 bridgehead atoms. The molecule has 128 valence electrons. The molecule has 1 aliphatic rings. The highest BCUT2D eigenvalue weighted by molar-refractivity contribution is 7.99. The van der Waals surface area contributed by atoms with Gasteiger partial charge in [0.2, 0.25) is 0 Å². The standard InChI is InChI=1S/C18H23N3O2S/c19-17-6-5-16(11-18(17)20)24-15-3-1-13(2-4-15)22-9-7-14-12-21-8-10-23-14/h1-6,11,14,21H,7-10,12,19-20H2. The number of anilines is 2. The second-order valence-electron chi connectivity index (χ2n) is 5.70.